The second-order valence-electron chi connectivity index (χ2n) is 8.31. The highest BCUT2D eigenvalue weighted by Gasteiger charge is 2.17. The molecule has 0 aliphatic carbocycles. The predicted octanol–water partition coefficient (Wildman–Crippen LogP) is 6.27. The fourth-order valence-corrected chi connectivity index (χ4v) is 4.32. The molecule has 0 saturated heterocycles. The molecule has 9 heteroatoms. The summed E-state index contributed by atoms with van der Waals surface area (Å²) >= 11 is 15.8. The fraction of sp³-hybridized carbons (Fsp3) is 0.286. The van der Waals surface area contributed by atoms with E-state index in [1.807, 2.05) is 16.8 Å². The van der Waals surface area contributed by atoms with Gasteiger partial charge in [0.25, 0.3) is 0 Å². The Kier molecular flexibility index (Phi) is 5.55. The standard InChI is InChI=1S/C21H19BrCl2N4O2/c1-21(2,3)10-28-16-5-4-15(17(22)18(16)26-27-28)25-8-11-9-30-20-13(19(11)29)6-12(23)7-14(20)24/h4-7,9,25H,8,10H2,1-3H3. The Labute approximate surface area is 191 Å². The van der Waals surface area contributed by atoms with Crippen LogP contribution >= 0.6 is 39.1 Å². The average Bonchev–Trinajstić information content (AvgIpc) is 3.05. The van der Waals surface area contributed by atoms with Crippen molar-refractivity contribution in [2.45, 2.75) is 33.9 Å². The van der Waals surface area contributed by atoms with E-state index in [1.165, 1.54) is 6.26 Å². The molecule has 1 N–H and O–H groups in total. The van der Waals surface area contributed by atoms with E-state index >= 15 is 0 Å². The van der Waals surface area contributed by atoms with Crippen molar-refractivity contribution in [1.82, 2.24) is 15.0 Å². The molecule has 0 spiro atoms. The average molecular weight is 510 g/mol. The van der Waals surface area contributed by atoms with Gasteiger partial charge < -0.3 is 9.73 Å². The number of nitrogens with one attached hydrogen (secondary N) is 1. The third-order valence-electron chi connectivity index (χ3n) is 4.58. The van der Waals surface area contributed by atoms with Crippen molar-refractivity contribution >= 4 is 66.8 Å². The third kappa shape index (κ3) is 4.06. The highest BCUT2D eigenvalue weighted by atomic mass is 79.9. The molecule has 0 aliphatic rings. The lowest BCUT2D eigenvalue weighted by Crippen LogP contribution is -2.16. The van der Waals surface area contributed by atoms with Crippen LogP contribution in [-0.2, 0) is 13.1 Å². The van der Waals surface area contributed by atoms with Gasteiger partial charge in [0, 0.05) is 18.1 Å². The summed E-state index contributed by atoms with van der Waals surface area (Å²) in [5.74, 6) is 0. The topological polar surface area (TPSA) is 73.0 Å². The number of benzene rings is 2. The molecule has 0 unspecified atom stereocenters. The van der Waals surface area contributed by atoms with Gasteiger partial charge in [0.1, 0.15) is 11.8 Å². The summed E-state index contributed by atoms with van der Waals surface area (Å²) < 4.78 is 8.27. The molecule has 4 rings (SSSR count). The van der Waals surface area contributed by atoms with E-state index in [0.29, 0.717) is 26.6 Å². The minimum atomic E-state index is -0.179. The van der Waals surface area contributed by atoms with Crippen LogP contribution in [0.3, 0.4) is 0 Å². The quantitative estimate of drug-likeness (QED) is 0.351. The van der Waals surface area contributed by atoms with E-state index < -0.39 is 0 Å². The zero-order valence-electron chi connectivity index (χ0n) is 16.6. The number of aromatic nitrogens is 3. The van der Waals surface area contributed by atoms with Gasteiger partial charge in [0.15, 0.2) is 11.0 Å². The lowest BCUT2D eigenvalue weighted by Gasteiger charge is -2.18. The highest BCUT2D eigenvalue weighted by Crippen LogP contribution is 2.31. The Hall–Kier alpha value is -2.09. The van der Waals surface area contributed by atoms with E-state index in [-0.39, 0.29) is 17.4 Å². The summed E-state index contributed by atoms with van der Waals surface area (Å²) in [5, 5.41) is 12.9. The van der Waals surface area contributed by atoms with Gasteiger partial charge in [-0.05, 0) is 45.6 Å². The first-order valence-corrected chi connectivity index (χ1v) is 10.8. The molecule has 4 aromatic rings. The molecule has 0 bridgehead atoms. The van der Waals surface area contributed by atoms with Gasteiger partial charge in [-0.25, -0.2) is 4.68 Å². The largest absolute Gasteiger partial charge is 0.462 e. The van der Waals surface area contributed by atoms with E-state index in [0.717, 1.165) is 27.7 Å². The minimum Gasteiger partial charge on any atom is -0.462 e. The molecule has 156 valence electrons. The molecule has 0 aliphatic heterocycles. The molecular weight excluding hydrogens is 491 g/mol. The van der Waals surface area contributed by atoms with Crippen molar-refractivity contribution in [2.24, 2.45) is 5.41 Å². The number of hydrogen-bond acceptors (Lipinski definition) is 5. The number of nitrogens with zero attached hydrogens (tertiary/aromatic N) is 3. The van der Waals surface area contributed by atoms with Crippen molar-refractivity contribution in [1.29, 1.82) is 0 Å². The van der Waals surface area contributed by atoms with Crippen LogP contribution in [0.2, 0.25) is 10.0 Å². The molecule has 0 atom stereocenters. The Balaban J connectivity index is 1.63. The van der Waals surface area contributed by atoms with Gasteiger partial charge in [-0.15, -0.1) is 5.10 Å². The molecule has 2 heterocycles. The van der Waals surface area contributed by atoms with Crippen molar-refractivity contribution < 1.29 is 4.42 Å². The number of halogens is 3. The normalized spacial score (nSPS) is 12.1. The first kappa shape index (κ1) is 21.2. The first-order chi connectivity index (χ1) is 14.1. The maximum absolute atomic E-state index is 12.8. The van der Waals surface area contributed by atoms with Crippen molar-refractivity contribution in [2.75, 3.05) is 5.32 Å². The molecule has 0 saturated carbocycles. The molecule has 30 heavy (non-hydrogen) atoms. The number of rotatable bonds is 4. The predicted molar refractivity (Wildman–Crippen MR) is 125 cm³/mol. The number of anilines is 1. The second kappa shape index (κ2) is 7.87. The minimum absolute atomic E-state index is 0.0833. The second-order valence-corrected chi connectivity index (χ2v) is 9.95. The zero-order valence-corrected chi connectivity index (χ0v) is 19.7. The third-order valence-corrected chi connectivity index (χ3v) is 5.88. The highest BCUT2D eigenvalue weighted by molar-refractivity contribution is 9.10. The maximum Gasteiger partial charge on any atom is 0.197 e. The van der Waals surface area contributed by atoms with Gasteiger partial charge in [0.2, 0.25) is 0 Å². The summed E-state index contributed by atoms with van der Waals surface area (Å²) in [6, 6.07) is 7.01. The van der Waals surface area contributed by atoms with Crippen LogP contribution in [0, 0.1) is 5.41 Å². The molecule has 2 aromatic heterocycles. The summed E-state index contributed by atoms with van der Waals surface area (Å²) in [6.45, 7) is 7.48. The Bertz CT molecular complexity index is 1320. The van der Waals surface area contributed by atoms with E-state index in [2.05, 4.69) is 52.3 Å². The summed E-state index contributed by atoms with van der Waals surface area (Å²) in [5.41, 5.74) is 3.19. The fourth-order valence-electron chi connectivity index (χ4n) is 3.23. The Morgan fingerprint density at radius 2 is 2.00 bits per heavy atom. The van der Waals surface area contributed by atoms with Gasteiger partial charge in [-0.3, -0.25) is 4.79 Å². The Morgan fingerprint density at radius 1 is 1.23 bits per heavy atom. The van der Waals surface area contributed by atoms with Gasteiger partial charge in [-0.2, -0.15) is 0 Å². The molecule has 0 fully saturated rings. The van der Waals surface area contributed by atoms with Crippen LogP contribution in [0.25, 0.3) is 22.0 Å². The smallest absolute Gasteiger partial charge is 0.197 e. The first-order valence-electron chi connectivity index (χ1n) is 9.29. The SMILES string of the molecule is CC(C)(C)Cn1nnc2c(Br)c(NCc3coc4c(Cl)cc(Cl)cc4c3=O)ccc21. The summed E-state index contributed by atoms with van der Waals surface area (Å²) in [7, 11) is 0. The van der Waals surface area contributed by atoms with Crippen molar-refractivity contribution in [3.63, 3.8) is 0 Å². The van der Waals surface area contributed by atoms with E-state index in [1.54, 1.807) is 12.1 Å². The zero-order chi connectivity index (χ0) is 21.6. The molecule has 0 amide bonds. The van der Waals surface area contributed by atoms with Crippen LogP contribution in [0.1, 0.15) is 26.3 Å². The van der Waals surface area contributed by atoms with E-state index in [4.69, 9.17) is 27.6 Å². The summed E-state index contributed by atoms with van der Waals surface area (Å²) in [6.07, 6.45) is 1.42. The van der Waals surface area contributed by atoms with Crippen LogP contribution in [0.4, 0.5) is 5.69 Å². The van der Waals surface area contributed by atoms with Gasteiger partial charge in [-0.1, -0.05) is 49.2 Å². The van der Waals surface area contributed by atoms with Crippen LogP contribution < -0.4 is 10.7 Å². The molecule has 6 nitrogen and oxygen atoms in total. The van der Waals surface area contributed by atoms with Gasteiger partial charge >= 0.3 is 0 Å². The maximum atomic E-state index is 12.8. The number of hydrogen-bond donors (Lipinski definition) is 1. The lowest BCUT2D eigenvalue weighted by molar-refractivity contribution is 0.327. The lowest BCUT2D eigenvalue weighted by atomic mass is 9.97. The monoisotopic (exact) mass is 508 g/mol. The van der Waals surface area contributed by atoms with Crippen LogP contribution in [-0.4, -0.2) is 15.0 Å². The molecule has 2 aromatic carbocycles. The van der Waals surface area contributed by atoms with Crippen LogP contribution in [0.15, 0.2) is 44.2 Å². The van der Waals surface area contributed by atoms with Crippen LogP contribution in [0.5, 0.6) is 0 Å². The van der Waals surface area contributed by atoms with E-state index in [9.17, 15) is 4.79 Å². The summed E-state index contributed by atoms with van der Waals surface area (Å²) in [4.78, 5) is 12.8. The van der Waals surface area contributed by atoms with Crippen molar-refractivity contribution in [3.05, 3.63) is 60.8 Å². The van der Waals surface area contributed by atoms with Gasteiger partial charge in [0.05, 0.1) is 31.6 Å². The molecular formula is C21H19BrCl2N4O2. The van der Waals surface area contributed by atoms with Crippen molar-refractivity contribution in [3.8, 4) is 0 Å². The number of fused-ring (bicyclic) bond motifs is 2. The molecule has 0 radical (unpaired) electrons. The Morgan fingerprint density at radius 3 is 2.73 bits per heavy atom.